The first-order chi connectivity index (χ1) is 10.6. The minimum atomic E-state index is -0.230. The summed E-state index contributed by atoms with van der Waals surface area (Å²) in [5.41, 5.74) is 0.982. The minimum Gasteiger partial charge on any atom is -0.469 e. The smallest absolute Gasteiger partial charge is 0.312 e. The molecule has 4 unspecified atom stereocenters. The summed E-state index contributed by atoms with van der Waals surface area (Å²) >= 11 is 3.52. The standard InChI is InChI=1S/C18H22BrFO2/c1-22-18(21)16-10-11(19)6-7-14(16)13-8-9-17(20)15-5-3-2-4-12(13)15/h8-10,12-14,16H,2-7H2,1H3. The summed E-state index contributed by atoms with van der Waals surface area (Å²) < 4.78 is 20.2. The average Bonchev–Trinajstić information content (AvgIpc) is 2.55. The summed E-state index contributed by atoms with van der Waals surface area (Å²) in [6, 6.07) is 0. The Labute approximate surface area is 139 Å². The van der Waals surface area contributed by atoms with E-state index in [9.17, 15) is 9.18 Å². The van der Waals surface area contributed by atoms with E-state index in [1.807, 2.05) is 12.2 Å². The fourth-order valence-electron chi connectivity index (χ4n) is 4.34. The van der Waals surface area contributed by atoms with Gasteiger partial charge in [-0.3, -0.25) is 4.79 Å². The van der Waals surface area contributed by atoms with Crippen molar-refractivity contribution in [1.29, 1.82) is 0 Å². The summed E-state index contributed by atoms with van der Waals surface area (Å²) in [5, 5.41) is 0. The van der Waals surface area contributed by atoms with Crippen LogP contribution in [0.25, 0.3) is 0 Å². The van der Waals surface area contributed by atoms with Gasteiger partial charge in [0.05, 0.1) is 13.0 Å². The van der Waals surface area contributed by atoms with Crippen LogP contribution in [-0.4, -0.2) is 13.1 Å². The molecule has 1 fully saturated rings. The molecule has 4 heteroatoms. The Hall–Kier alpha value is -0.900. The van der Waals surface area contributed by atoms with Crippen LogP contribution in [0.5, 0.6) is 0 Å². The number of methoxy groups -OCH3 is 1. The number of allylic oxidation sites excluding steroid dienone is 5. The summed E-state index contributed by atoms with van der Waals surface area (Å²) in [6.45, 7) is 0. The monoisotopic (exact) mass is 368 g/mol. The zero-order valence-electron chi connectivity index (χ0n) is 12.9. The first-order valence-electron chi connectivity index (χ1n) is 8.12. The number of rotatable bonds is 2. The third-order valence-corrected chi connectivity index (χ3v) is 6.06. The van der Waals surface area contributed by atoms with Gasteiger partial charge in [-0.15, -0.1) is 0 Å². The zero-order valence-corrected chi connectivity index (χ0v) is 14.4. The fourth-order valence-corrected chi connectivity index (χ4v) is 4.85. The molecule has 1 saturated carbocycles. The van der Waals surface area contributed by atoms with Crippen LogP contribution in [0.2, 0.25) is 0 Å². The van der Waals surface area contributed by atoms with E-state index >= 15 is 0 Å². The van der Waals surface area contributed by atoms with Crippen molar-refractivity contribution in [2.45, 2.75) is 38.5 Å². The lowest BCUT2D eigenvalue weighted by Gasteiger charge is -2.41. The van der Waals surface area contributed by atoms with Gasteiger partial charge in [-0.2, -0.15) is 0 Å². The lowest BCUT2D eigenvalue weighted by molar-refractivity contribution is -0.146. The van der Waals surface area contributed by atoms with E-state index in [4.69, 9.17) is 4.74 Å². The first kappa shape index (κ1) is 16.0. The van der Waals surface area contributed by atoms with E-state index in [0.29, 0.717) is 0 Å². The lowest BCUT2D eigenvalue weighted by atomic mass is 9.64. The molecule has 120 valence electrons. The van der Waals surface area contributed by atoms with Crippen LogP contribution in [0.3, 0.4) is 0 Å². The van der Waals surface area contributed by atoms with E-state index in [1.165, 1.54) is 7.11 Å². The minimum absolute atomic E-state index is 0.0388. The second kappa shape index (κ2) is 6.69. The molecule has 0 bridgehead atoms. The molecule has 0 aromatic rings. The first-order valence-corrected chi connectivity index (χ1v) is 8.92. The zero-order chi connectivity index (χ0) is 15.7. The normalized spacial score (nSPS) is 35.0. The predicted octanol–water partition coefficient (Wildman–Crippen LogP) is 5.06. The van der Waals surface area contributed by atoms with Crippen molar-refractivity contribution in [3.8, 4) is 0 Å². The molecular weight excluding hydrogens is 347 g/mol. The van der Waals surface area contributed by atoms with Crippen molar-refractivity contribution in [2.75, 3.05) is 7.11 Å². The fraction of sp³-hybridized carbons (Fsp3) is 0.611. The maximum absolute atomic E-state index is 14.1. The predicted molar refractivity (Wildman–Crippen MR) is 88.0 cm³/mol. The van der Waals surface area contributed by atoms with Gasteiger partial charge < -0.3 is 4.74 Å². The second-order valence-corrected chi connectivity index (χ2v) is 7.55. The van der Waals surface area contributed by atoms with E-state index in [0.717, 1.165) is 48.6 Å². The molecule has 0 aliphatic heterocycles. The van der Waals surface area contributed by atoms with Crippen molar-refractivity contribution in [3.05, 3.63) is 34.1 Å². The molecule has 0 aromatic carbocycles. The molecular formula is C18H22BrFO2. The van der Waals surface area contributed by atoms with Crippen LogP contribution in [-0.2, 0) is 9.53 Å². The topological polar surface area (TPSA) is 26.3 Å². The Balaban J connectivity index is 1.89. The van der Waals surface area contributed by atoms with Gasteiger partial charge in [0.1, 0.15) is 5.83 Å². The van der Waals surface area contributed by atoms with E-state index in [-0.39, 0.29) is 35.5 Å². The molecule has 22 heavy (non-hydrogen) atoms. The molecule has 0 heterocycles. The van der Waals surface area contributed by atoms with Crippen LogP contribution < -0.4 is 0 Å². The average molecular weight is 369 g/mol. The largest absolute Gasteiger partial charge is 0.469 e. The van der Waals surface area contributed by atoms with Crippen molar-refractivity contribution in [1.82, 2.24) is 0 Å². The Kier molecular flexibility index (Phi) is 4.86. The Morgan fingerprint density at radius 1 is 1.32 bits per heavy atom. The number of hydrogen-bond donors (Lipinski definition) is 0. The number of carbonyl (C=O) groups excluding carboxylic acids is 1. The number of fused-ring (bicyclic) bond motifs is 1. The molecule has 3 aliphatic rings. The third kappa shape index (κ3) is 2.94. The maximum Gasteiger partial charge on any atom is 0.312 e. The molecule has 2 nitrogen and oxygen atoms in total. The summed E-state index contributed by atoms with van der Waals surface area (Å²) in [4.78, 5) is 12.2. The van der Waals surface area contributed by atoms with Crippen LogP contribution in [0.4, 0.5) is 4.39 Å². The maximum atomic E-state index is 14.1. The summed E-state index contributed by atoms with van der Waals surface area (Å²) in [7, 11) is 1.44. The van der Waals surface area contributed by atoms with Gasteiger partial charge in [0.15, 0.2) is 0 Å². The molecule has 3 aliphatic carbocycles. The number of halogens is 2. The highest BCUT2D eigenvalue weighted by atomic mass is 79.9. The van der Waals surface area contributed by atoms with Crippen LogP contribution >= 0.6 is 15.9 Å². The van der Waals surface area contributed by atoms with Gasteiger partial charge >= 0.3 is 5.97 Å². The Morgan fingerprint density at radius 3 is 2.91 bits per heavy atom. The molecule has 3 rings (SSSR count). The van der Waals surface area contributed by atoms with Crippen LogP contribution in [0.1, 0.15) is 38.5 Å². The van der Waals surface area contributed by atoms with E-state index < -0.39 is 0 Å². The van der Waals surface area contributed by atoms with Gasteiger partial charge in [0.2, 0.25) is 0 Å². The van der Waals surface area contributed by atoms with E-state index in [1.54, 1.807) is 6.08 Å². The molecule has 0 radical (unpaired) electrons. The van der Waals surface area contributed by atoms with Crippen LogP contribution in [0.15, 0.2) is 34.1 Å². The molecule has 0 N–H and O–H groups in total. The Bertz CT molecular complexity index is 549. The summed E-state index contributed by atoms with van der Waals surface area (Å²) in [5.74, 6) is 0.269. The van der Waals surface area contributed by atoms with Crippen molar-refractivity contribution in [2.24, 2.45) is 23.7 Å². The van der Waals surface area contributed by atoms with Gasteiger partial charge in [0.25, 0.3) is 0 Å². The number of hydrogen-bond acceptors (Lipinski definition) is 2. The van der Waals surface area contributed by atoms with Gasteiger partial charge in [0, 0.05) is 0 Å². The van der Waals surface area contributed by atoms with Gasteiger partial charge in [-0.25, -0.2) is 4.39 Å². The number of carbonyl (C=O) groups is 1. The van der Waals surface area contributed by atoms with Crippen molar-refractivity contribution < 1.29 is 13.9 Å². The van der Waals surface area contributed by atoms with Crippen molar-refractivity contribution >= 4 is 21.9 Å². The second-order valence-electron chi connectivity index (χ2n) is 6.53. The summed E-state index contributed by atoms with van der Waals surface area (Å²) in [6.07, 6.45) is 11.6. The SMILES string of the molecule is COC(=O)C1C=C(Br)CCC1C1C=CC(F)=C2CCCCC21. The molecule has 4 atom stereocenters. The quantitative estimate of drug-likeness (QED) is 0.636. The number of esters is 1. The molecule has 0 saturated heterocycles. The molecule has 0 amide bonds. The Morgan fingerprint density at radius 2 is 2.14 bits per heavy atom. The third-order valence-electron chi connectivity index (χ3n) is 5.40. The highest BCUT2D eigenvalue weighted by molar-refractivity contribution is 9.11. The highest BCUT2D eigenvalue weighted by Crippen LogP contribution is 2.48. The van der Waals surface area contributed by atoms with Crippen molar-refractivity contribution in [3.63, 3.8) is 0 Å². The van der Waals surface area contributed by atoms with Crippen LogP contribution in [0, 0.1) is 23.7 Å². The lowest BCUT2D eigenvalue weighted by Crippen LogP contribution is -2.36. The molecule has 0 aromatic heterocycles. The van der Waals surface area contributed by atoms with Gasteiger partial charge in [-0.05, 0) is 66.0 Å². The highest BCUT2D eigenvalue weighted by Gasteiger charge is 2.41. The number of ether oxygens (including phenoxy) is 1. The van der Waals surface area contributed by atoms with E-state index in [2.05, 4.69) is 15.9 Å². The molecule has 0 spiro atoms. The van der Waals surface area contributed by atoms with Gasteiger partial charge in [-0.1, -0.05) is 34.5 Å².